The summed E-state index contributed by atoms with van der Waals surface area (Å²) in [7, 11) is -1.87. The maximum Gasteiger partial charge on any atom is 0.192 e. The van der Waals surface area contributed by atoms with Crippen molar-refractivity contribution >= 4 is 24.2 Å². The number of ether oxygens (including phenoxy) is 1. The Balaban J connectivity index is 2.05. The van der Waals surface area contributed by atoms with Crippen LogP contribution in [0, 0.1) is 0 Å². The molecule has 1 N–H and O–H groups in total. The van der Waals surface area contributed by atoms with Crippen LogP contribution in [0.5, 0.6) is 0 Å². The highest BCUT2D eigenvalue weighted by molar-refractivity contribution is 9.10. The zero-order chi connectivity index (χ0) is 20.1. The lowest BCUT2D eigenvalue weighted by molar-refractivity contribution is 0.0268. The van der Waals surface area contributed by atoms with Crippen LogP contribution < -0.4 is 0 Å². The lowest BCUT2D eigenvalue weighted by Gasteiger charge is -2.36. The van der Waals surface area contributed by atoms with Crippen LogP contribution in [0.25, 0.3) is 0 Å². The van der Waals surface area contributed by atoms with Crippen LogP contribution in [0.1, 0.15) is 43.6 Å². The molecule has 27 heavy (non-hydrogen) atoms. The van der Waals surface area contributed by atoms with E-state index in [0.29, 0.717) is 13.2 Å². The van der Waals surface area contributed by atoms with E-state index in [1.807, 2.05) is 48.5 Å². The third-order valence-corrected chi connectivity index (χ3v) is 10.5. The van der Waals surface area contributed by atoms with Crippen LogP contribution in [0.3, 0.4) is 0 Å². The smallest absolute Gasteiger partial charge is 0.192 e. The molecule has 0 fully saturated rings. The first kappa shape index (κ1) is 22.3. The van der Waals surface area contributed by atoms with E-state index in [4.69, 9.17) is 9.16 Å². The van der Waals surface area contributed by atoms with Crippen molar-refractivity contribution < 1.29 is 14.3 Å². The number of halogens is 1. The number of aliphatic hydroxyl groups is 1. The lowest BCUT2D eigenvalue weighted by Crippen LogP contribution is -2.40. The van der Waals surface area contributed by atoms with E-state index in [9.17, 15) is 5.11 Å². The van der Waals surface area contributed by atoms with Crippen molar-refractivity contribution in [3.05, 3.63) is 69.7 Å². The van der Waals surface area contributed by atoms with Gasteiger partial charge in [-0.25, -0.2) is 0 Å². The fourth-order valence-corrected chi connectivity index (χ4v) is 3.90. The first-order chi connectivity index (χ1) is 12.6. The predicted octanol–water partition coefficient (Wildman–Crippen LogP) is 6.22. The molecule has 0 saturated heterocycles. The Morgan fingerprint density at radius 2 is 1.67 bits per heavy atom. The molecule has 0 aliphatic carbocycles. The van der Waals surface area contributed by atoms with Crippen molar-refractivity contribution in [3.63, 3.8) is 0 Å². The molecular formula is C22H31BrO3Si. The van der Waals surface area contributed by atoms with Crippen molar-refractivity contribution in [2.75, 3.05) is 6.61 Å². The van der Waals surface area contributed by atoms with Crippen molar-refractivity contribution in [2.45, 2.75) is 58.2 Å². The second kappa shape index (κ2) is 9.48. The summed E-state index contributed by atoms with van der Waals surface area (Å²) in [5, 5.41) is 10.8. The molecule has 0 amide bonds. The number of benzene rings is 2. The lowest BCUT2D eigenvalue weighted by atomic mass is 10.0. The Hall–Kier alpha value is -0.983. The van der Waals surface area contributed by atoms with Gasteiger partial charge in [-0.1, -0.05) is 79.2 Å². The van der Waals surface area contributed by atoms with Gasteiger partial charge in [0.05, 0.1) is 19.8 Å². The summed E-state index contributed by atoms with van der Waals surface area (Å²) in [5.41, 5.74) is 2.95. The number of hydrogen-bond acceptors (Lipinski definition) is 3. The van der Waals surface area contributed by atoms with Gasteiger partial charge in [0.2, 0.25) is 0 Å². The molecule has 1 atom stereocenters. The largest absolute Gasteiger partial charge is 0.413 e. The van der Waals surface area contributed by atoms with Crippen molar-refractivity contribution in [2.24, 2.45) is 0 Å². The summed E-state index contributed by atoms with van der Waals surface area (Å²) >= 11 is 3.62. The molecule has 1 unspecified atom stereocenters. The first-order valence-electron chi connectivity index (χ1n) is 9.33. The Bertz CT molecular complexity index is 726. The number of aliphatic hydroxyl groups excluding tert-OH is 1. The fourth-order valence-electron chi connectivity index (χ4n) is 2.46. The molecule has 5 heteroatoms. The van der Waals surface area contributed by atoms with Crippen molar-refractivity contribution in [3.8, 4) is 0 Å². The summed E-state index contributed by atoms with van der Waals surface area (Å²) in [4.78, 5) is 0. The van der Waals surface area contributed by atoms with Crippen LogP contribution in [0.2, 0.25) is 18.1 Å². The average molecular weight is 451 g/mol. The molecular weight excluding hydrogens is 420 g/mol. The predicted molar refractivity (Wildman–Crippen MR) is 117 cm³/mol. The third-order valence-electron chi connectivity index (χ3n) is 5.28. The molecule has 2 aromatic rings. The van der Waals surface area contributed by atoms with Crippen LogP contribution in [-0.2, 0) is 22.4 Å². The molecule has 0 radical (unpaired) electrons. The molecule has 3 nitrogen and oxygen atoms in total. The first-order valence-corrected chi connectivity index (χ1v) is 13.0. The molecule has 0 aliphatic heterocycles. The van der Waals surface area contributed by atoms with Gasteiger partial charge in [0.25, 0.3) is 0 Å². The standard InChI is InChI=1S/C22H31BrO3Si/c1-22(2,3)27(4,5)26-15-19-18(12-9-13-20(19)23)21(24)16-25-14-17-10-7-6-8-11-17/h6-13,21,24H,14-16H2,1-5H3. The summed E-state index contributed by atoms with van der Waals surface area (Å²) < 4.78 is 13.1. The van der Waals surface area contributed by atoms with E-state index in [0.717, 1.165) is 21.2 Å². The maximum atomic E-state index is 10.7. The summed E-state index contributed by atoms with van der Waals surface area (Å²) in [6.07, 6.45) is -0.691. The summed E-state index contributed by atoms with van der Waals surface area (Å²) in [6, 6.07) is 15.9. The van der Waals surface area contributed by atoms with Crippen LogP contribution in [0.4, 0.5) is 0 Å². The Morgan fingerprint density at radius 3 is 2.30 bits per heavy atom. The molecule has 148 valence electrons. The minimum atomic E-state index is -1.87. The molecule has 0 heterocycles. The van der Waals surface area contributed by atoms with Gasteiger partial charge in [-0.15, -0.1) is 0 Å². The second-order valence-corrected chi connectivity index (χ2v) is 14.0. The highest BCUT2D eigenvalue weighted by atomic mass is 79.9. The van der Waals surface area contributed by atoms with E-state index in [2.05, 4.69) is 49.8 Å². The van der Waals surface area contributed by atoms with Gasteiger partial charge in [0.15, 0.2) is 8.32 Å². The minimum absolute atomic E-state index is 0.145. The van der Waals surface area contributed by atoms with E-state index >= 15 is 0 Å². The molecule has 0 aromatic heterocycles. The van der Waals surface area contributed by atoms with Crippen molar-refractivity contribution in [1.82, 2.24) is 0 Å². The summed E-state index contributed by atoms with van der Waals surface area (Å²) in [5.74, 6) is 0. The van der Waals surface area contributed by atoms with Crippen LogP contribution in [-0.4, -0.2) is 20.0 Å². The Labute approximate surface area is 173 Å². The molecule has 0 saturated carbocycles. The van der Waals surface area contributed by atoms with E-state index in [1.54, 1.807) is 0 Å². The number of hydrogen-bond donors (Lipinski definition) is 1. The van der Waals surface area contributed by atoms with Crippen molar-refractivity contribution in [1.29, 1.82) is 0 Å². The van der Waals surface area contributed by atoms with E-state index in [1.165, 1.54) is 0 Å². The third kappa shape index (κ3) is 6.26. The minimum Gasteiger partial charge on any atom is -0.413 e. The number of rotatable bonds is 8. The highest BCUT2D eigenvalue weighted by Crippen LogP contribution is 2.38. The van der Waals surface area contributed by atoms with E-state index < -0.39 is 14.4 Å². The van der Waals surface area contributed by atoms with E-state index in [-0.39, 0.29) is 11.6 Å². The summed E-state index contributed by atoms with van der Waals surface area (Å²) in [6.45, 7) is 12.4. The zero-order valence-electron chi connectivity index (χ0n) is 17.0. The molecule has 2 rings (SSSR count). The molecule has 0 aliphatic rings. The normalized spacial score (nSPS) is 13.6. The van der Waals surface area contributed by atoms with Crippen LogP contribution in [0.15, 0.2) is 53.0 Å². The molecule has 0 bridgehead atoms. The Morgan fingerprint density at radius 1 is 1.00 bits per heavy atom. The highest BCUT2D eigenvalue weighted by Gasteiger charge is 2.37. The van der Waals surface area contributed by atoms with Gasteiger partial charge in [0, 0.05) is 4.47 Å². The average Bonchev–Trinajstić information content (AvgIpc) is 2.60. The monoisotopic (exact) mass is 450 g/mol. The fraction of sp³-hybridized carbons (Fsp3) is 0.455. The van der Waals surface area contributed by atoms with Gasteiger partial charge in [0.1, 0.15) is 6.10 Å². The maximum absolute atomic E-state index is 10.7. The van der Waals surface area contributed by atoms with Gasteiger partial charge < -0.3 is 14.3 Å². The second-order valence-electron chi connectivity index (χ2n) is 8.37. The zero-order valence-corrected chi connectivity index (χ0v) is 19.5. The van der Waals surface area contributed by atoms with Gasteiger partial charge in [-0.3, -0.25) is 0 Å². The quantitative estimate of drug-likeness (QED) is 0.484. The molecule has 0 spiro atoms. The van der Waals surface area contributed by atoms with Gasteiger partial charge in [-0.05, 0) is 40.9 Å². The SMILES string of the molecule is CC(C)(C)[Si](C)(C)OCc1c(Br)cccc1C(O)COCc1ccccc1. The van der Waals surface area contributed by atoms with Gasteiger partial charge in [-0.2, -0.15) is 0 Å². The Kier molecular flexibility index (Phi) is 7.83. The van der Waals surface area contributed by atoms with Crippen LogP contribution >= 0.6 is 15.9 Å². The van der Waals surface area contributed by atoms with Gasteiger partial charge >= 0.3 is 0 Å². The molecule has 2 aromatic carbocycles. The topological polar surface area (TPSA) is 38.7 Å².